The van der Waals surface area contributed by atoms with E-state index in [1.807, 2.05) is 24.3 Å². The molecule has 116 valence electrons. The zero-order valence-electron chi connectivity index (χ0n) is 12.3. The molecule has 1 aromatic heterocycles. The molecule has 0 saturated carbocycles. The van der Waals surface area contributed by atoms with Gasteiger partial charge in [0.05, 0.1) is 18.1 Å². The number of hydrogen-bond donors (Lipinski definition) is 3. The van der Waals surface area contributed by atoms with Crippen molar-refractivity contribution in [1.82, 2.24) is 4.98 Å². The molecular formula is C17H16N4O2. The van der Waals surface area contributed by atoms with Crippen molar-refractivity contribution in [3.63, 3.8) is 0 Å². The van der Waals surface area contributed by atoms with E-state index in [2.05, 4.69) is 15.5 Å². The molecule has 0 atom stereocenters. The van der Waals surface area contributed by atoms with Gasteiger partial charge in [-0.15, -0.1) is 0 Å². The topological polar surface area (TPSA) is 96.7 Å². The molecule has 0 aliphatic heterocycles. The minimum atomic E-state index is 0.195. The van der Waals surface area contributed by atoms with Gasteiger partial charge in [-0.25, -0.2) is 4.98 Å². The number of phenols is 1. The number of nitrogens with two attached hydrogens (primary N) is 1. The number of benzene rings is 2. The number of anilines is 1. The van der Waals surface area contributed by atoms with E-state index in [-0.39, 0.29) is 12.3 Å². The Balaban J connectivity index is 1.66. The van der Waals surface area contributed by atoms with Crippen LogP contribution in [-0.2, 0) is 6.54 Å². The van der Waals surface area contributed by atoms with Gasteiger partial charge in [0, 0.05) is 17.7 Å². The molecule has 1 heterocycles. The maximum atomic E-state index is 9.59. The lowest BCUT2D eigenvalue weighted by atomic mass is 10.1. The summed E-state index contributed by atoms with van der Waals surface area (Å²) in [7, 11) is 0. The summed E-state index contributed by atoms with van der Waals surface area (Å²) in [5.74, 6) is 0.916. The summed E-state index contributed by atoms with van der Waals surface area (Å²) in [5.41, 5.74) is 11.8. The molecule has 0 unspecified atom stereocenters. The molecule has 6 nitrogen and oxygen atoms in total. The molecular weight excluding hydrogens is 292 g/mol. The zero-order chi connectivity index (χ0) is 16.1. The van der Waals surface area contributed by atoms with E-state index in [0.29, 0.717) is 5.56 Å². The lowest BCUT2D eigenvalue weighted by Gasteiger charge is -2.03. The van der Waals surface area contributed by atoms with Crippen LogP contribution in [0, 0.1) is 0 Å². The second-order valence-electron chi connectivity index (χ2n) is 4.91. The summed E-state index contributed by atoms with van der Waals surface area (Å²) in [6.45, 7) is 0.282. The van der Waals surface area contributed by atoms with Gasteiger partial charge in [-0.2, -0.15) is 5.10 Å². The van der Waals surface area contributed by atoms with Gasteiger partial charge in [0.15, 0.2) is 12.2 Å². The summed E-state index contributed by atoms with van der Waals surface area (Å²) in [5, 5.41) is 13.8. The summed E-state index contributed by atoms with van der Waals surface area (Å²) >= 11 is 0. The van der Waals surface area contributed by atoms with E-state index >= 15 is 0 Å². The van der Waals surface area contributed by atoms with E-state index in [4.69, 9.17) is 10.2 Å². The second-order valence-corrected chi connectivity index (χ2v) is 4.91. The SMILES string of the molecule is NCc1cc(C=NNc2ccc(-c3cnco3)cc2)ccc1O. The number of nitrogens with zero attached hydrogens (tertiary/aromatic N) is 2. The summed E-state index contributed by atoms with van der Waals surface area (Å²) in [4.78, 5) is 3.89. The average molecular weight is 308 g/mol. The average Bonchev–Trinajstić information content (AvgIpc) is 3.11. The monoisotopic (exact) mass is 308 g/mol. The highest BCUT2D eigenvalue weighted by Crippen LogP contribution is 2.21. The van der Waals surface area contributed by atoms with E-state index in [9.17, 15) is 5.11 Å². The summed E-state index contributed by atoms with van der Waals surface area (Å²) in [6.07, 6.45) is 4.74. The van der Waals surface area contributed by atoms with Gasteiger partial charge in [-0.3, -0.25) is 5.43 Å². The molecule has 0 aliphatic rings. The van der Waals surface area contributed by atoms with Crippen LogP contribution in [0.1, 0.15) is 11.1 Å². The fraction of sp³-hybridized carbons (Fsp3) is 0.0588. The molecule has 0 saturated heterocycles. The second kappa shape index (κ2) is 6.76. The number of aromatic hydroxyl groups is 1. The van der Waals surface area contributed by atoms with Crippen molar-refractivity contribution in [2.45, 2.75) is 6.54 Å². The first-order chi connectivity index (χ1) is 11.3. The van der Waals surface area contributed by atoms with E-state index < -0.39 is 0 Å². The Labute approximate surface area is 133 Å². The number of hydrazone groups is 1. The molecule has 0 spiro atoms. The van der Waals surface area contributed by atoms with Crippen LogP contribution in [0.4, 0.5) is 5.69 Å². The fourth-order valence-electron chi connectivity index (χ4n) is 2.10. The predicted molar refractivity (Wildman–Crippen MR) is 89.2 cm³/mol. The molecule has 6 heteroatoms. The molecule has 0 bridgehead atoms. The number of phenolic OH excluding ortho intramolecular Hbond substituents is 1. The summed E-state index contributed by atoms with van der Waals surface area (Å²) in [6, 6.07) is 12.8. The van der Waals surface area contributed by atoms with Crippen molar-refractivity contribution < 1.29 is 9.52 Å². The fourth-order valence-corrected chi connectivity index (χ4v) is 2.10. The Morgan fingerprint density at radius 1 is 1.22 bits per heavy atom. The van der Waals surface area contributed by atoms with Crippen LogP contribution >= 0.6 is 0 Å². The lowest BCUT2D eigenvalue weighted by Crippen LogP contribution is -1.98. The normalized spacial score (nSPS) is 11.0. The van der Waals surface area contributed by atoms with Gasteiger partial charge in [0.25, 0.3) is 0 Å². The number of oxazole rings is 1. The van der Waals surface area contributed by atoms with Crippen LogP contribution in [0.2, 0.25) is 0 Å². The largest absolute Gasteiger partial charge is 0.508 e. The van der Waals surface area contributed by atoms with Crippen molar-refractivity contribution in [2.75, 3.05) is 5.43 Å². The van der Waals surface area contributed by atoms with Crippen molar-refractivity contribution in [2.24, 2.45) is 10.8 Å². The highest BCUT2D eigenvalue weighted by Gasteiger charge is 2.01. The highest BCUT2D eigenvalue weighted by molar-refractivity contribution is 5.81. The molecule has 4 N–H and O–H groups in total. The van der Waals surface area contributed by atoms with Crippen molar-refractivity contribution >= 4 is 11.9 Å². The molecule has 3 rings (SSSR count). The Bertz CT molecular complexity index is 796. The maximum Gasteiger partial charge on any atom is 0.181 e. The van der Waals surface area contributed by atoms with Gasteiger partial charge >= 0.3 is 0 Å². The van der Waals surface area contributed by atoms with Crippen LogP contribution in [0.15, 0.2) is 64.6 Å². The molecule has 0 aliphatic carbocycles. The standard InChI is InChI=1S/C17H16N4O2/c18-8-14-7-12(1-6-16(14)22)9-20-21-15-4-2-13(3-5-15)17-10-19-11-23-17/h1-7,9-11,21-22H,8,18H2. The number of nitrogens with one attached hydrogen (secondary N) is 1. The van der Waals surface area contributed by atoms with Gasteiger partial charge in [-0.05, 0) is 48.0 Å². The quantitative estimate of drug-likeness (QED) is 0.497. The van der Waals surface area contributed by atoms with E-state index in [0.717, 1.165) is 22.6 Å². The number of aromatic nitrogens is 1. The number of hydrogen-bond acceptors (Lipinski definition) is 6. The minimum Gasteiger partial charge on any atom is -0.508 e. The van der Waals surface area contributed by atoms with E-state index in [1.54, 1.807) is 30.6 Å². The van der Waals surface area contributed by atoms with Gasteiger partial charge in [-0.1, -0.05) is 0 Å². The van der Waals surface area contributed by atoms with Crippen LogP contribution < -0.4 is 11.2 Å². The molecule has 23 heavy (non-hydrogen) atoms. The van der Waals surface area contributed by atoms with Gasteiger partial charge < -0.3 is 15.3 Å². The van der Waals surface area contributed by atoms with Gasteiger partial charge in [0.2, 0.25) is 0 Å². The maximum absolute atomic E-state index is 9.59. The van der Waals surface area contributed by atoms with Crippen LogP contribution in [0.25, 0.3) is 11.3 Å². The first kappa shape index (κ1) is 14.8. The van der Waals surface area contributed by atoms with Crippen molar-refractivity contribution in [1.29, 1.82) is 0 Å². The van der Waals surface area contributed by atoms with Crippen LogP contribution in [0.3, 0.4) is 0 Å². The Morgan fingerprint density at radius 2 is 2.04 bits per heavy atom. The number of rotatable bonds is 5. The molecule has 2 aromatic carbocycles. The minimum absolute atomic E-state index is 0.195. The Morgan fingerprint density at radius 3 is 2.74 bits per heavy atom. The van der Waals surface area contributed by atoms with Crippen molar-refractivity contribution in [3.05, 3.63) is 66.2 Å². The van der Waals surface area contributed by atoms with E-state index in [1.165, 1.54) is 6.39 Å². The zero-order valence-corrected chi connectivity index (χ0v) is 12.3. The smallest absolute Gasteiger partial charge is 0.181 e. The van der Waals surface area contributed by atoms with Crippen LogP contribution in [-0.4, -0.2) is 16.3 Å². The van der Waals surface area contributed by atoms with Crippen LogP contribution in [0.5, 0.6) is 5.75 Å². The molecule has 3 aromatic rings. The lowest BCUT2D eigenvalue weighted by molar-refractivity contribution is 0.468. The Kier molecular flexibility index (Phi) is 4.35. The first-order valence-electron chi connectivity index (χ1n) is 7.06. The highest BCUT2D eigenvalue weighted by atomic mass is 16.3. The van der Waals surface area contributed by atoms with Gasteiger partial charge in [0.1, 0.15) is 5.75 Å². The third-order valence-corrected chi connectivity index (χ3v) is 3.33. The predicted octanol–water partition coefficient (Wildman–Crippen LogP) is 2.95. The molecule has 0 radical (unpaired) electrons. The van der Waals surface area contributed by atoms with Crippen molar-refractivity contribution in [3.8, 4) is 17.1 Å². The molecule has 0 amide bonds. The third-order valence-electron chi connectivity index (χ3n) is 3.33. The first-order valence-corrected chi connectivity index (χ1v) is 7.06. The third kappa shape index (κ3) is 3.56. The molecule has 0 fully saturated rings. The Hall–Kier alpha value is -3.12. The summed E-state index contributed by atoms with van der Waals surface area (Å²) < 4.78 is 5.24.